The van der Waals surface area contributed by atoms with Gasteiger partial charge in [0.1, 0.15) is 17.0 Å². The first-order valence-electron chi connectivity index (χ1n) is 14.2. The Labute approximate surface area is 252 Å². The predicted molar refractivity (Wildman–Crippen MR) is 181 cm³/mol. The Morgan fingerprint density at radius 3 is 1.70 bits per heavy atom. The largest absolute Gasteiger partial charge is 0.456 e. The molecule has 6 aromatic carbocycles. The number of nitrogens with two attached hydrogens (primary N) is 2. The first-order chi connectivity index (χ1) is 21.0. The molecule has 0 fully saturated rings. The Balaban J connectivity index is 0.000000143. The molecule has 0 spiro atoms. The van der Waals surface area contributed by atoms with Gasteiger partial charge in [0.25, 0.3) is 0 Å². The van der Waals surface area contributed by atoms with Crippen molar-refractivity contribution < 1.29 is 4.42 Å². The van der Waals surface area contributed by atoms with Crippen LogP contribution in [0.25, 0.3) is 44.2 Å². The second kappa shape index (κ2) is 13.9. The SMILES string of the molecule is Cc1ccc(-c2ccccc2)cc1.N=C(N)c1ccccc1.NCc1ccc(-c2ccc3oc4ccccc4c3c2)cc1. The van der Waals surface area contributed by atoms with Crippen LogP contribution in [0.5, 0.6) is 0 Å². The third-order valence-electron chi connectivity index (χ3n) is 7.14. The van der Waals surface area contributed by atoms with Crippen molar-refractivity contribution in [3.8, 4) is 22.3 Å². The van der Waals surface area contributed by atoms with E-state index in [1.807, 2.05) is 60.7 Å². The van der Waals surface area contributed by atoms with E-state index >= 15 is 0 Å². The maximum atomic E-state index is 7.01. The number of amidine groups is 1. The molecule has 7 aromatic rings. The molecule has 0 saturated heterocycles. The number of hydrogen-bond donors (Lipinski definition) is 3. The number of nitrogens with one attached hydrogen (secondary N) is 1. The van der Waals surface area contributed by atoms with Crippen LogP contribution in [-0.4, -0.2) is 5.84 Å². The highest BCUT2D eigenvalue weighted by atomic mass is 16.3. The van der Waals surface area contributed by atoms with E-state index < -0.39 is 0 Å². The highest BCUT2D eigenvalue weighted by Crippen LogP contribution is 2.32. The van der Waals surface area contributed by atoms with Crippen molar-refractivity contribution in [3.05, 3.63) is 168 Å². The number of rotatable bonds is 4. The fourth-order valence-corrected chi connectivity index (χ4v) is 4.73. The number of aryl methyl sites for hydroxylation is 1. The molecule has 0 saturated carbocycles. The van der Waals surface area contributed by atoms with E-state index in [0.29, 0.717) is 6.54 Å². The molecule has 0 bridgehead atoms. The summed E-state index contributed by atoms with van der Waals surface area (Å²) >= 11 is 0. The van der Waals surface area contributed by atoms with Crippen LogP contribution in [0.15, 0.2) is 156 Å². The van der Waals surface area contributed by atoms with Gasteiger partial charge >= 0.3 is 0 Å². The van der Waals surface area contributed by atoms with E-state index in [4.69, 9.17) is 21.3 Å². The molecule has 1 heterocycles. The van der Waals surface area contributed by atoms with Crippen LogP contribution >= 0.6 is 0 Å². The number of hydrogen-bond acceptors (Lipinski definition) is 3. The fourth-order valence-electron chi connectivity index (χ4n) is 4.73. The number of nitrogen functional groups attached to an aromatic ring is 1. The van der Waals surface area contributed by atoms with Crippen LogP contribution in [0.1, 0.15) is 16.7 Å². The van der Waals surface area contributed by atoms with E-state index in [9.17, 15) is 0 Å². The lowest BCUT2D eigenvalue weighted by atomic mass is 10.0. The minimum Gasteiger partial charge on any atom is -0.456 e. The number of furan rings is 1. The summed E-state index contributed by atoms with van der Waals surface area (Å²) in [4.78, 5) is 0. The van der Waals surface area contributed by atoms with Gasteiger partial charge < -0.3 is 15.9 Å². The summed E-state index contributed by atoms with van der Waals surface area (Å²) in [7, 11) is 0. The quantitative estimate of drug-likeness (QED) is 0.148. The summed E-state index contributed by atoms with van der Waals surface area (Å²) in [5, 5.41) is 9.33. The fraction of sp³-hybridized carbons (Fsp3) is 0.0513. The maximum Gasteiger partial charge on any atom is 0.135 e. The molecule has 0 amide bonds. The van der Waals surface area contributed by atoms with E-state index in [-0.39, 0.29) is 5.84 Å². The first kappa shape index (κ1) is 29.1. The van der Waals surface area contributed by atoms with Crippen molar-refractivity contribution in [2.24, 2.45) is 11.5 Å². The zero-order valence-corrected chi connectivity index (χ0v) is 24.2. The van der Waals surface area contributed by atoms with Gasteiger partial charge in [0, 0.05) is 22.9 Å². The lowest BCUT2D eigenvalue weighted by Gasteiger charge is -2.03. The second-order valence-electron chi connectivity index (χ2n) is 10.2. The zero-order chi connectivity index (χ0) is 30.0. The molecular formula is C39H35N3O. The normalized spacial score (nSPS) is 10.4. The Kier molecular flexibility index (Phi) is 9.42. The van der Waals surface area contributed by atoms with Crippen LogP contribution in [0, 0.1) is 12.3 Å². The summed E-state index contributed by atoms with van der Waals surface area (Å²) in [5.74, 6) is 0.121. The van der Waals surface area contributed by atoms with E-state index in [1.165, 1.54) is 27.8 Å². The second-order valence-corrected chi connectivity index (χ2v) is 10.2. The Morgan fingerprint density at radius 1 is 0.558 bits per heavy atom. The summed E-state index contributed by atoms with van der Waals surface area (Å²) in [6, 6.07) is 51.1. The van der Waals surface area contributed by atoms with Gasteiger partial charge in [-0.3, -0.25) is 5.41 Å². The molecule has 4 nitrogen and oxygen atoms in total. The standard InChI is InChI=1S/C19H15NO.C13H12.C7H8N2/c20-12-13-5-7-14(8-6-13)15-9-10-19-17(11-15)16-3-1-2-4-18(16)21-19;1-11-7-9-13(10-8-11)12-5-3-2-4-6-12;8-7(9)6-4-2-1-3-5-6/h1-11H,12,20H2;2-10H,1H3;1-5H,(H3,8,9). The molecule has 212 valence electrons. The first-order valence-corrected chi connectivity index (χ1v) is 14.2. The summed E-state index contributed by atoms with van der Waals surface area (Å²) < 4.78 is 5.86. The smallest absolute Gasteiger partial charge is 0.135 e. The molecule has 0 aliphatic carbocycles. The number of benzene rings is 6. The number of para-hydroxylation sites is 1. The van der Waals surface area contributed by atoms with E-state index in [2.05, 4.69) is 97.9 Å². The molecule has 0 aliphatic rings. The average molecular weight is 562 g/mol. The lowest BCUT2D eigenvalue weighted by molar-refractivity contribution is 0.669. The molecule has 0 unspecified atom stereocenters. The van der Waals surface area contributed by atoms with Crippen LogP contribution in [0.4, 0.5) is 0 Å². The van der Waals surface area contributed by atoms with Gasteiger partial charge in [0.15, 0.2) is 0 Å². The van der Waals surface area contributed by atoms with Crippen LogP contribution in [0.2, 0.25) is 0 Å². The monoisotopic (exact) mass is 561 g/mol. The highest BCUT2D eigenvalue weighted by Gasteiger charge is 2.07. The summed E-state index contributed by atoms with van der Waals surface area (Å²) in [6.45, 7) is 2.68. The molecule has 4 heteroatoms. The van der Waals surface area contributed by atoms with Gasteiger partial charge in [0.2, 0.25) is 0 Å². The van der Waals surface area contributed by atoms with Crippen molar-refractivity contribution in [2.75, 3.05) is 0 Å². The summed E-state index contributed by atoms with van der Waals surface area (Å²) in [6.07, 6.45) is 0. The Hall–Kier alpha value is -5.45. The highest BCUT2D eigenvalue weighted by molar-refractivity contribution is 6.06. The van der Waals surface area contributed by atoms with Gasteiger partial charge in [-0.2, -0.15) is 0 Å². The molecule has 5 N–H and O–H groups in total. The van der Waals surface area contributed by atoms with E-state index in [1.54, 1.807) is 0 Å². The van der Waals surface area contributed by atoms with Gasteiger partial charge in [-0.25, -0.2) is 0 Å². The van der Waals surface area contributed by atoms with Crippen molar-refractivity contribution in [2.45, 2.75) is 13.5 Å². The Bertz CT molecular complexity index is 1910. The van der Waals surface area contributed by atoms with Crippen molar-refractivity contribution in [3.63, 3.8) is 0 Å². The van der Waals surface area contributed by atoms with Crippen LogP contribution in [0.3, 0.4) is 0 Å². The van der Waals surface area contributed by atoms with Crippen LogP contribution < -0.4 is 11.5 Å². The van der Waals surface area contributed by atoms with Gasteiger partial charge in [-0.15, -0.1) is 0 Å². The predicted octanol–water partition coefficient (Wildman–Crippen LogP) is 9.34. The molecule has 0 atom stereocenters. The van der Waals surface area contributed by atoms with Crippen molar-refractivity contribution in [1.29, 1.82) is 5.41 Å². The third kappa shape index (κ3) is 7.45. The average Bonchev–Trinajstić information content (AvgIpc) is 3.45. The van der Waals surface area contributed by atoms with Crippen molar-refractivity contribution >= 4 is 27.8 Å². The van der Waals surface area contributed by atoms with Gasteiger partial charge in [0.05, 0.1) is 0 Å². The summed E-state index contributed by atoms with van der Waals surface area (Å²) in [5.41, 5.74) is 20.9. The maximum absolute atomic E-state index is 7.01. The molecule has 43 heavy (non-hydrogen) atoms. The molecule has 0 radical (unpaired) electrons. The topological polar surface area (TPSA) is 89.0 Å². The van der Waals surface area contributed by atoms with E-state index in [0.717, 1.165) is 33.1 Å². The zero-order valence-electron chi connectivity index (χ0n) is 24.2. The van der Waals surface area contributed by atoms with Gasteiger partial charge in [-0.05, 0) is 52.9 Å². The molecular weight excluding hydrogens is 526 g/mol. The lowest BCUT2D eigenvalue weighted by Crippen LogP contribution is -2.10. The third-order valence-corrected chi connectivity index (χ3v) is 7.14. The Morgan fingerprint density at radius 2 is 1.07 bits per heavy atom. The molecule has 0 aliphatic heterocycles. The van der Waals surface area contributed by atoms with Crippen molar-refractivity contribution in [1.82, 2.24) is 0 Å². The molecule has 7 rings (SSSR count). The minimum absolute atomic E-state index is 0.121. The van der Waals surface area contributed by atoms with Gasteiger partial charge in [-0.1, -0.05) is 139 Å². The minimum atomic E-state index is 0.121. The van der Waals surface area contributed by atoms with Crippen LogP contribution in [-0.2, 0) is 6.54 Å². The molecule has 1 aromatic heterocycles. The number of fused-ring (bicyclic) bond motifs is 3.